The summed E-state index contributed by atoms with van der Waals surface area (Å²) in [7, 11) is 0. The summed E-state index contributed by atoms with van der Waals surface area (Å²) in [6, 6.07) is 10.7. The lowest BCUT2D eigenvalue weighted by Crippen LogP contribution is -2.01. The molecular weight excluding hydrogens is 569 g/mol. The van der Waals surface area contributed by atoms with Crippen molar-refractivity contribution in [2.45, 2.75) is 199 Å². The summed E-state index contributed by atoms with van der Waals surface area (Å²) >= 11 is 1.92. The average molecular weight is 645 g/mol. The predicted octanol–water partition coefficient (Wildman–Crippen LogP) is 14.8. The standard InChI is InChI=1S/C42H76O2S/c1-3-5-7-9-11-13-15-17-19-21-23-25-27-32-36-43-38-42(40-45-39-41-34-30-29-31-35-41)44-37-33-28-26-24-22-20-18-16-14-12-10-8-6-4-2/h29-31,34-35,38H,3-28,32-33,36-37,39-40H2,1-2H3. The van der Waals surface area contributed by atoms with Gasteiger partial charge in [-0.25, -0.2) is 0 Å². The second kappa shape index (κ2) is 35.8. The third-order valence-corrected chi connectivity index (χ3v) is 10.00. The molecule has 2 nitrogen and oxygen atoms in total. The first-order valence-corrected chi connectivity index (χ1v) is 21.1. The van der Waals surface area contributed by atoms with Gasteiger partial charge in [0.05, 0.1) is 19.0 Å². The first-order chi connectivity index (χ1) is 22.4. The van der Waals surface area contributed by atoms with Crippen LogP contribution in [0.1, 0.15) is 199 Å². The van der Waals surface area contributed by atoms with Gasteiger partial charge in [0.15, 0.2) is 0 Å². The molecule has 0 atom stereocenters. The van der Waals surface area contributed by atoms with Gasteiger partial charge >= 0.3 is 0 Å². The van der Waals surface area contributed by atoms with Gasteiger partial charge in [0, 0.05) is 5.75 Å². The highest BCUT2D eigenvalue weighted by molar-refractivity contribution is 7.98. The molecular formula is C42H76O2S. The molecule has 0 aliphatic heterocycles. The largest absolute Gasteiger partial charge is 0.498 e. The van der Waals surface area contributed by atoms with E-state index in [1.54, 1.807) is 0 Å². The minimum Gasteiger partial charge on any atom is -0.498 e. The molecule has 1 aromatic rings. The normalized spacial score (nSPS) is 11.7. The fourth-order valence-corrected chi connectivity index (χ4v) is 6.87. The zero-order chi connectivity index (χ0) is 32.1. The van der Waals surface area contributed by atoms with Crippen molar-refractivity contribution in [3.05, 3.63) is 47.9 Å². The molecule has 0 aliphatic carbocycles. The van der Waals surface area contributed by atoms with Crippen LogP contribution < -0.4 is 0 Å². The van der Waals surface area contributed by atoms with E-state index < -0.39 is 0 Å². The summed E-state index contributed by atoms with van der Waals surface area (Å²) in [5, 5.41) is 0. The van der Waals surface area contributed by atoms with Crippen LogP contribution in [-0.4, -0.2) is 19.0 Å². The molecule has 0 fully saturated rings. The fraction of sp³-hybridized carbons (Fsp3) is 0.810. The monoisotopic (exact) mass is 645 g/mol. The Morgan fingerprint density at radius 2 is 0.867 bits per heavy atom. The molecule has 1 rings (SSSR count). The van der Waals surface area contributed by atoms with Gasteiger partial charge in [-0.2, -0.15) is 0 Å². The van der Waals surface area contributed by atoms with E-state index in [-0.39, 0.29) is 0 Å². The van der Waals surface area contributed by atoms with Gasteiger partial charge in [0.1, 0.15) is 12.0 Å². The molecule has 0 aromatic heterocycles. The van der Waals surface area contributed by atoms with Gasteiger partial charge in [-0.15, -0.1) is 11.8 Å². The maximum atomic E-state index is 6.23. The topological polar surface area (TPSA) is 18.5 Å². The van der Waals surface area contributed by atoms with Gasteiger partial charge in [0.2, 0.25) is 0 Å². The lowest BCUT2D eigenvalue weighted by molar-refractivity contribution is 0.172. The summed E-state index contributed by atoms with van der Waals surface area (Å²) in [5.41, 5.74) is 1.37. The Hall–Kier alpha value is -1.09. The van der Waals surface area contributed by atoms with Crippen LogP contribution in [0.25, 0.3) is 0 Å². The molecule has 0 saturated carbocycles. The van der Waals surface area contributed by atoms with Gasteiger partial charge in [-0.3, -0.25) is 0 Å². The molecule has 0 unspecified atom stereocenters. The third kappa shape index (κ3) is 31.3. The summed E-state index contributed by atoms with van der Waals surface area (Å²) in [5.74, 6) is 2.90. The minimum absolute atomic E-state index is 0.813. The highest BCUT2D eigenvalue weighted by Gasteiger charge is 2.03. The molecule has 3 heteroatoms. The summed E-state index contributed by atoms with van der Waals surface area (Å²) in [4.78, 5) is 0. The van der Waals surface area contributed by atoms with Crippen LogP contribution in [-0.2, 0) is 15.2 Å². The number of thioether (sulfide) groups is 1. The van der Waals surface area contributed by atoms with Gasteiger partial charge < -0.3 is 9.47 Å². The lowest BCUT2D eigenvalue weighted by atomic mass is 10.0. The molecule has 0 saturated heterocycles. The van der Waals surface area contributed by atoms with Crippen LogP contribution in [0, 0.1) is 0 Å². The van der Waals surface area contributed by atoms with E-state index in [1.165, 1.54) is 173 Å². The minimum atomic E-state index is 0.813. The average Bonchev–Trinajstić information content (AvgIpc) is 3.06. The third-order valence-electron chi connectivity index (χ3n) is 8.97. The Balaban J connectivity index is 2.07. The van der Waals surface area contributed by atoms with Crippen molar-refractivity contribution in [1.29, 1.82) is 0 Å². The van der Waals surface area contributed by atoms with Crippen LogP contribution >= 0.6 is 11.8 Å². The van der Waals surface area contributed by atoms with Crippen LogP contribution in [0.3, 0.4) is 0 Å². The second-order valence-electron chi connectivity index (χ2n) is 13.5. The molecule has 0 spiro atoms. The van der Waals surface area contributed by atoms with Crippen LogP contribution in [0.2, 0.25) is 0 Å². The quantitative estimate of drug-likeness (QED) is 0.0535. The number of hydrogen-bond donors (Lipinski definition) is 0. The van der Waals surface area contributed by atoms with Crippen molar-refractivity contribution in [2.75, 3.05) is 19.0 Å². The molecule has 262 valence electrons. The van der Waals surface area contributed by atoms with Crippen molar-refractivity contribution in [3.63, 3.8) is 0 Å². The highest BCUT2D eigenvalue weighted by atomic mass is 32.2. The summed E-state index contributed by atoms with van der Waals surface area (Å²) in [6.07, 6.45) is 40.8. The maximum absolute atomic E-state index is 6.23. The van der Waals surface area contributed by atoms with E-state index >= 15 is 0 Å². The second-order valence-corrected chi connectivity index (χ2v) is 14.5. The predicted molar refractivity (Wildman–Crippen MR) is 203 cm³/mol. The fourth-order valence-electron chi connectivity index (χ4n) is 5.99. The maximum Gasteiger partial charge on any atom is 0.140 e. The Morgan fingerprint density at radius 3 is 1.29 bits per heavy atom. The van der Waals surface area contributed by atoms with E-state index in [0.29, 0.717) is 0 Å². The molecule has 0 radical (unpaired) electrons. The number of hydrogen-bond acceptors (Lipinski definition) is 3. The SMILES string of the molecule is CCCCCCCCCCCCCCCCOC=C(CSCc1ccccc1)OCCCCCCCCCCCCCCCC. The number of unbranched alkanes of at least 4 members (excludes halogenated alkanes) is 26. The number of benzene rings is 1. The smallest absolute Gasteiger partial charge is 0.140 e. The van der Waals surface area contributed by atoms with E-state index in [9.17, 15) is 0 Å². The van der Waals surface area contributed by atoms with E-state index in [1.807, 2.05) is 18.0 Å². The van der Waals surface area contributed by atoms with Crippen molar-refractivity contribution >= 4 is 11.8 Å². The van der Waals surface area contributed by atoms with Crippen LogP contribution in [0.5, 0.6) is 0 Å². The Labute approximate surface area is 286 Å². The van der Waals surface area contributed by atoms with E-state index in [4.69, 9.17) is 9.47 Å². The first kappa shape index (κ1) is 41.9. The molecule has 0 heterocycles. The van der Waals surface area contributed by atoms with Crippen molar-refractivity contribution < 1.29 is 9.47 Å². The Kier molecular flexibility index (Phi) is 33.3. The van der Waals surface area contributed by atoms with E-state index in [0.717, 1.165) is 43.3 Å². The zero-order valence-electron chi connectivity index (χ0n) is 30.3. The zero-order valence-corrected chi connectivity index (χ0v) is 31.1. The molecule has 0 aliphatic rings. The van der Waals surface area contributed by atoms with Crippen molar-refractivity contribution in [2.24, 2.45) is 0 Å². The van der Waals surface area contributed by atoms with Gasteiger partial charge in [0.25, 0.3) is 0 Å². The number of rotatable bonds is 36. The van der Waals surface area contributed by atoms with E-state index in [2.05, 4.69) is 44.2 Å². The lowest BCUT2D eigenvalue weighted by Gasteiger charge is -2.11. The van der Waals surface area contributed by atoms with Gasteiger partial charge in [-0.1, -0.05) is 211 Å². The molecule has 0 amide bonds. The van der Waals surface area contributed by atoms with Crippen molar-refractivity contribution in [3.8, 4) is 0 Å². The Morgan fingerprint density at radius 1 is 0.489 bits per heavy atom. The van der Waals surface area contributed by atoms with Crippen LogP contribution in [0.4, 0.5) is 0 Å². The highest BCUT2D eigenvalue weighted by Crippen LogP contribution is 2.18. The molecule has 1 aromatic carbocycles. The van der Waals surface area contributed by atoms with Crippen LogP contribution in [0.15, 0.2) is 42.4 Å². The Bertz CT molecular complexity index is 719. The molecule has 0 bridgehead atoms. The molecule has 45 heavy (non-hydrogen) atoms. The number of ether oxygens (including phenoxy) is 2. The molecule has 0 N–H and O–H groups in total. The summed E-state index contributed by atoms with van der Waals surface area (Å²) < 4.78 is 12.2. The van der Waals surface area contributed by atoms with Gasteiger partial charge in [-0.05, 0) is 18.4 Å². The summed E-state index contributed by atoms with van der Waals surface area (Å²) in [6.45, 7) is 6.23. The first-order valence-electron chi connectivity index (χ1n) is 19.9. The van der Waals surface area contributed by atoms with Crippen molar-refractivity contribution in [1.82, 2.24) is 0 Å².